The highest BCUT2D eigenvalue weighted by atomic mass is 35.5. The van der Waals surface area contributed by atoms with Crippen LogP contribution in [0.1, 0.15) is 22.2 Å². The lowest BCUT2D eigenvalue weighted by atomic mass is 10.1. The second kappa shape index (κ2) is 7.15. The highest BCUT2D eigenvalue weighted by Gasteiger charge is 2.25. The fourth-order valence-corrected chi connectivity index (χ4v) is 3.58. The summed E-state index contributed by atoms with van der Waals surface area (Å²) in [6.07, 6.45) is 0.649. The molecule has 0 atom stereocenters. The molecule has 1 aliphatic heterocycles. The van der Waals surface area contributed by atoms with E-state index in [4.69, 9.17) is 26.8 Å². The Morgan fingerprint density at radius 1 is 1.50 bits per heavy atom. The first kappa shape index (κ1) is 15.4. The van der Waals surface area contributed by atoms with Crippen LogP contribution in [-0.4, -0.2) is 44.8 Å². The van der Waals surface area contributed by atoms with Crippen molar-refractivity contribution in [1.29, 1.82) is 0 Å². The summed E-state index contributed by atoms with van der Waals surface area (Å²) in [6.45, 7) is 5.10. The van der Waals surface area contributed by atoms with Crippen molar-refractivity contribution in [3.8, 4) is 0 Å². The predicted molar refractivity (Wildman–Crippen MR) is 82.1 cm³/mol. The quantitative estimate of drug-likeness (QED) is 0.665. The van der Waals surface area contributed by atoms with Crippen LogP contribution >= 0.6 is 22.9 Å². The van der Waals surface area contributed by atoms with E-state index in [2.05, 4.69) is 4.90 Å². The molecule has 0 radical (unpaired) electrons. The Morgan fingerprint density at radius 2 is 2.20 bits per heavy atom. The number of halogens is 1. The van der Waals surface area contributed by atoms with Gasteiger partial charge < -0.3 is 20.1 Å². The van der Waals surface area contributed by atoms with Crippen LogP contribution in [0.25, 0.3) is 0 Å². The van der Waals surface area contributed by atoms with E-state index in [9.17, 15) is 4.79 Å². The van der Waals surface area contributed by atoms with Crippen molar-refractivity contribution in [1.82, 2.24) is 0 Å². The topological polar surface area (TPSA) is 64.8 Å². The molecule has 0 amide bonds. The number of nitrogens with two attached hydrogens (primary N) is 1. The molecule has 2 heterocycles. The number of esters is 1. The van der Waals surface area contributed by atoms with E-state index in [0.29, 0.717) is 42.7 Å². The van der Waals surface area contributed by atoms with Crippen LogP contribution in [0.5, 0.6) is 0 Å². The zero-order valence-corrected chi connectivity index (χ0v) is 13.1. The number of thiophene rings is 1. The molecule has 1 aromatic heterocycles. The van der Waals surface area contributed by atoms with Gasteiger partial charge >= 0.3 is 5.97 Å². The summed E-state index contributed by atoms with van der Waals surface area (Å²) in [6, 6.07) is 0. The normalized spacial score (nSPS) is 15.4. The predicted octanol–water partition coefficient (Wildman–Crippen LogP) is 2.12. The monoisotopic (exact) mass is 318 g/mol. The lowest BCUT2D eigenvalue weighted by Crippen LogP contribution is -2.36. The molecule has 2 N–H and O–H groups in total. The van der Waals surface area contributed by atoms with Gasteiger partial charge in [0.25, 0.3) is 0 Å². The third kappa shape index (κ3) is 3.19. The number of nitrogens with zero attached hydrogens (tertiary/aromatic N) is 1. The third-order valence-corrected chi connectivity index (χ3v) is 4.61. The van der Waals surface area contributed by atoms with E-state index in [-0.39, 0.29) is 5.97 Å². The van der Waals surface area contributed by atoms with Crippen LogP contribution in [0.3, 0.4) is 0 Å². The van der Waals surface area contributed by atoms with E-state index < -0.39 is 0 Å². The number of carbonyl (C=O) groups is 1. The van der Waals surface area contributed by atoms with Crippen LogP contribution in [0.4, 0.5) is 10.7 Å². The molecule has 1 saturated heterocycles. The molecular formula is C13H19ClN2O3S. The van der Waals surface area contributed by atoms with Crippen molar-refractivity contribution in [2.45, 2.75) is 13.3 Å². The number of ether oxygens (including phenoxy) is 2. The summed E-state index contributed by atoms with van der Waals surface area (Å²) >= 11 is 7.25. The molecule has 2 rings (SSSR count). The molecule has 0 saturated carbocycles. The first-order chi connectivity index (χ1) is 9.69. The molecule has 0 bridgehead atoms. The number of morpholine rings is 1. The second-order valence-electron chi connectivity index (χ2n) is 4.39. The molecular weight excluding hydrogens is 300 g/mol. The minimum absolute atomic E-state index is 0.341. The summed E-state index contributed by atoms with van der Waals surface area (Å²) < 4.78 is 10.4. The van der Waals surface area contributed by atoms with Gasteiger partial charge in [-0.2, -0.15) is 0 Å². The van der Waals surface area contributed by atoms with Crippen LogP contribution in [-0.2, 0) is 15.9 Å². The highest BCUT2D eigenvalue weighted by molar-refractivity contribution is 7.18. The van der Waals surface area contributed by atoms with Crippen LogP contribution in [0, 0.1) is 0 Å². The maximum Gasteiger partial charge on any atom is 0.350 e. The standard InChI is InChI=1S/C13H19ClN2O3S/c1-2-19-13(17)11-10(15)9(3-4-14)12(20-11)16-5-7-18-8-6-16/h2-8,15H2,1H3. The van der Waals surface area contributed by atoms with Crippen molar-refractivity contribution in [3.05, 3.63) is 10.4 Å². The Morgan fingerprint density at radius 3 is 2.80 bits per heavy atom. The fraction of sp³-hybridized carbons (Fsp3) is 0.615. The molecule has 0 aromatic carbocycles. The molecule has 7 heteroatoms. The van der Waals surface area contributed by atoms with Gasteiger partial charge in [-0.3, -0.25) is 0 Å². The van der Waals surface area contributed by atoms with Crippen LogP contribution in [0.15, 0.2) is 0 Å². The van der Waals surface area contributed by atoms with E-state index in [0.717, 1.165) is 23.7 Å². The molecule has 112 valence electrons. The molecule has 5 nitrogen and oxygen atoms in total. The van der Waals surface area contributed by atoms with Gasteiger partial charge in [-0.1, -0.05) is 0 Å². The second-order valence-corrected chi connectivity index (χ2v) is 5.76. The van der Waals surface area contributed by atoms with Crippen molar-refractivity contribution in [2.24, 2.45) is 0 Å². The number of hydrogen-bond acceptors (Lipinski definition) is 6. The zero-order valence-electron chi connectivity index (χ0n) is 11.5. The van der Waals surface area contributed by atoms with Crippen LogP contribution < -0.4 is 10.6 Å². The van der Waals surface area contributed by atoms with E-state index in [1.54, 1.807) is 6.92 Å². The number of hydrogen-bond donors (Lipinski definition) is 1. The van der Waals surface area contributed by atoms with Gasteiger partial charge in [0.2, 0.25) is 0 Å². The minimum atomic E-state index is -0.356. The average Bonchev–Trinajstić information content (AvgIpc) is 2.78. The summed E-state index contributed by atoms with van der Waals surface area (Å²) in [5, 5.41) is 1.02. The number of carbonyl (C=O) groups excluding carboxylic acids is 1. The van der Waals surface area contributed by atoms with Gasteiger partial charge in [-0.05, 0) is 13.3 Å². The molecule has 0 aliphatic carbocycles. The lowest BCUT2D eigenvalue weighted by Gasteiger charge is -2.28. The number of alkyl halides is 1. The number of anilines is 2. The largest absolute Gasteiger partial charge is 0.462 e. The molecule has 0 spiro atoms. The van der Waals surface area contributed by atoms with Crippen LogP contribution in [0.2, 0.25) is 0 Å². The Kier molecular flexibility index (Phi) is 5.51. The Bertz CT molecular complexity index is 472. The number of nitrogen functional groups attached to an aromatic ring is 1. The van der Waals surface area contributed by atoms with Crippen molar-refractivity contribution in [2.75, 3.05) is 49.4 Å². The molecule has 20 heavy (non-hydrogen) atoms. The van der Waals surface area contributed by atoms with E-state index in [1.165, 1.54) is 11.3 Å². The smallest absolute Gasteiger partial charge is 0.350 e. The van der Waals surface area contributed by atoms with Crippen molar-refractivity contribution >= 4 is 39.6 Å². The van der Waals surface area contributed by atoms with Crippen molar-refractivity contribution in [3.63, 3.8) is 0 Å². The van der Waals surface area contributed by atoms with Gasteiger partial charge in [-0.15, -0.1) is 22.9 Å². The van der Waals surface area contributed by atoms with Crippen molar-refractivity contribution < 1.29 is 14.3 Å². The van der Waals surface area contributed by atoms with E-state index in [1.807, 2.05) is 0 Å². The summed E-state index contributed by atoms with van der Waals surface area (Å²) in [7, 11) is 0. The number of rotatable bonds is 5. The van der Waals surface area contributed by atoms with Gasteiger partial charge in [0.05, 0.1) is 30.5 Å². The van der Waals surface area contributed by atoms with Gasteiger partial charge in [0.15, 0.2) is 0 Å². The van der Waals surface area contributed by atoms with E-state index >= 15 is 0 Å². The summed E-state index contributed by atoms with van der Waals surface area (Å²) in [4.78, 5) is 14.6. The average molecular weight is 319 g/mol. The first-order valence-corrected chi connectivity index (χ1v) is 8.01. The Labute approximate surface area is 127 Å². The third-order valence-electron chi connectivity index (χ3n) is 3.13. The molecule has 1 fully saturated rings. The fourth-order valence-electron chi connectivity index (χ4n) is 2.17. The SMILES string of the molecule is CCOC(=O)c1sc(N2CCOCC2)c(CCCl)c1N. The summed E-state index contributed by atoms with van der Waals surface area (Å²) in [5.41, 5.74) is 7.58. The molecule has 1 aromatic rings. The van der Waals surface area contributed by atoms with Gasteiger partial charge in [-0.25, -0.2) is 4.79 Å². The summed E-state index contributed by atoms with van der Waals surface area (Å²) in [5.74, 6) is 0.117. The zero-order chi connectivity index (χ0) is 14.5. The maximum absolute atomic E-state index is 12.0. The van der Waals surface area contributed by atoms with Gasteiger partial charge in [0.1, 0.15) is 4.88 Å². The van der Waals surface area contributed by atoms with Gasteiger partial charge in [0, 0.05) is 24.5 Å². The highest BCUT2D eigenvalue weighted by Crippen LogP contribution is 2.39. The molecule has 1 aliphatic rings. The lowest BCUT2D eigenvalue weighted by molar-refractivity contribution is 0.0533. The minimum Gasteiger partial charge on any atom is -0.462 e. The maximum atomic E-state index is 12.0. The first-order valence-electron chi connectivity index (χ1n) is 6.66. The Balaban J connectivity index is 2.33. The Hall–Kier alpha value is -0.980. The molecule has 0 unspecified atom stereocenters.